The summed E-state index contributed by atoms with van der Waals surface area (Å²) in [7, 11) is 3.30. The van der Waals surface area contributed by atoms with Crippen molar-refractivity contribution in [2.75, 3.05) is 53.9 Å². The second-order valence-electron chi connectivity index (χ2n) is 12.5. The number of hydrogen-bond acceptors (Lipinski definition) is 8. The van der Waals surface area contributed by atoms with E-state index in [4.69, 9.17) is 28.4 Å². The average molecular weight is 681 g/mol. The molecule has 8 heteroatoms. The fourth-order valence-corrected chi connectivity index (χ4v) is 6.48. The van der Waals surface area contributed by atoms with Crippen molar-refractivity contribution in [3.05, 3.63) is 116 Å². The minimum Gasteiger partial charge on any atom is -0.493 e. The molecular formula is C42H48O8. The third-order valence-corrected chi connectivity index (χ3v) is 8.65. The number of hydrogen-bond donors (Lipinski definition) is 0. The highest BCUT2D eigenvalue weighted by atomic mass is 16.5. The first kappa shape index (κ1) is 36.6. The van der Waals surface area contributed by atoms with E-state index in [1.807, 2.05) is 36.4 Å². The molecule has 50 heavy (non-hydrogen) atoms. The van der Waals surface area contributed by atoms with Gasteiger partial charge in [-0.3, -0.25) is 9.59 Å². The number of carbonyl (C=O) groups is 2. The molecule has 8 bridgehead atoms. The van der Waals surface area contributed by atoms with E-state index < -0.39 is 0 Å². The summed E-state index contributed by atoms with van der Waals surface area (Å²) >= 11 is 0. The van der Waals surface area contributed by atoms with E-state index in [0.717, 1.165) is 92.9 Å². The molecule has 0 aromatic heterocycles. The van der Waals surface area contributed by atoms with Crippen LogP contribution in [0.25, 0.3) is 0 Å². The molecule has 0 spiro atoms. The maximum absolute atomic E-state index is 12.4. The Morgan fingerprint density at radius 2 is 0.760 bits per heavy atom. The Morgan fingerprint density at radius 3 is 1.04 bits per heavy atom. The number of para-hydroxylation sites is 2. The molecule has 4 aromatic carbocycles. The molecule has 0 unspecified atom stereocenters. The molecule has 0 amide bonds. The van der Waals surface area contributed by atoms with Crippen LogP contribution < -0.4 is 18.9 Å². The highest BCUT2D eigenvalue weighted by Crippen LogP contribution is 2.39. The number of fused-ring (bicyclic) bond motifs is 8. The number of carbonyl (C=O) groups excluding carboxylic acids is 2. The molecule has 0 heterocycles. The maximum Gasteiger partial charge on any atom is 0.150 e. The number of ether oxygens (including phenoxy) is 6. The van der Waals surface area contributed by atoms with Crippen LogP contribution in [-0.4, -0.2) is 66.4 Å². The smallest absolute Gasteiger partial charge is 0.150 e. The van der Waals surface area contributed by atoms with Gasteiger partial charge < -0.3 is 28.4 Å². The van der Waals surface area contributed by atoms with Crippen LogP contribution in [0.4, 0.5) is 0 Å². The summed E-state index contributed by atoms with van der Waals surface area (Å²) in [5.74, 6) is 3.02. The number of benzene rings is 4. The standard InChI is InChI=1S/C42H48O8/c1-5-13-47-39-31-9-7-10-32(39)24-36-20-30(28-44)22-38(42(36)50-18-16-46-4)26-34-12-8-11-33(40(34)48-14-6-2)25-37-21-29(27-43)19-35(23-31)41(37)49-17-15-45-3/h7-12,19-22,27-28H,5-6,13-18,23-26H2,1-4H3. The van der Waals surface area contributed by atoms with Crippen LogP contribution in [-0.2, 0) is 35.2 Å². The van der Waals surface area contributed by atoms with E-state index in [1.165, 1.54) is 0 Å². The second-order valence-corrected chi connectivity index (χ2v) is 12.5. The SMILES string of the molecule is CCCOc1c2cccc1Cc1cc(C=O)cc(c1OCCOC)Cc1cccc(c1OCCC)Cc1cc(C=O)cc(c1OCCOC)C2. The molecule has 0 saturated heterocycles. The van der Waals surface area contributed by atoms with E-state index in [9.17, 15) is 9.59 Å². The zero-order valence-electron chi connectivity index (χ0n) is 29.7. The van der Waals surface area contributed by atoms with Crippen molar-refractivity contribution in [1.82, 2.24) is 0 Å². The van der Waals surface area contributed by atoms with E-state index in [-0.39, 0.29) is 0 Å². The molecule has 4 aromatic rings. The fraction of sp³-hybridized carbons (Fsp3) is 0.381. The third kappa shape index (κ3) is 8.92. The van der Waals surface area contributed by atoms with Gasteiger partial charge in [-0.15, -0.1) is 0 Å². The molecular weight excluding hydrogens is 632 g/mol. The molecule has 0 saturated carbocycles. The van der Waals surface area contributed by atoms with Crippen molar-refractivity contribution in [1.29, 1.82) is 0 Å². The van der Waals surface area contributed by atoms with Crippen LogP contribution in [0.3, 0.4) is 0 Å². The van der Waals surface area contributed by atoms with E-state index in [1.54, 1.807) is 14.2 Å². The Hall–Kier alpha value is -4.66. The van der Waals surface area contributed by atoms with Crippen LogP contribution in [0.1, 0.15) is 91.9 Å². The third-order valence-electron chi connectivity index (χ3n) is 8.65. The minimum atomic E-state index is 0.356. The highest BCUT2D eigenvalue weighted by Gasteiger charge is 2.23. The van der Waals surface area contributed by atoms with Gasteiger partial charge >= 0.3 is 0 Å². The minimum absolute atomic E-state index is 0.356. The summed E-state index contributed by atoms with van der Waals surface area (Å²) in [6, 6.07) is 19.9. The molecule has 0 fully saturated rings. The summed E-state index contributed by atoms with van der Waals surface area (Å²) in [6.45, 7) is 6.78. The van der Waals surface area contributed by atoms with Crippen LogP contribution in [0.5, 0.6) is 23.0 Å². The normalized spacial score (nSPS) is 12.2. The Bertz CT molecular complexity index is 1540. The lowest BCUT2D eigenvalue weighted by Crippen LogP contribution is -2.12. The molecule has 1 aliphatic rings. The molecule has 0 atom stereocenters. The van der Waals surface area contributed by atoms with Crippen molar-refractivity contribution >= 4 is 12.6 Å². The van der Waals surface area contributed by atoms with Gasteiger partial charge in [0.05, 0.1) is 26.4 Å². The number of methoxy groups -OCH3 is 2. The van der Waals surface area contributed by atoms with Crippen LogP contribution in [0.15, 0.2) is 60.7 Å². The zero-order valence-corrected chi connectivity index (χ0v) is 29.7. The fourth-order valence-electron chi connectivity index (χ4n) is 6.48. The van der Waals surface area contributed by atoms with Gasteiger partial charge in [-0.05, 0) is 81.6 Å². The molecule has 0 aliphatic heterocycles. The molecule has 8 nitrogen and oxygen atoms in total. The molecule has 5 rings (SSSR count). The number of aldehydes is 2. The predicted molar refractivity (Wildman–Crippen MR) is 194 cm³/mol. The summed E-state index contributed by atoms with van der Waals surface area (Å²) < 4.78 is 36.7. The summed E-state index contributed by atoms with van der Waals surface area (Å²) in [5, 5.41) is 0. The average Bonchev–Trinajstić information content (AvgIpc) is 3.12. The van der Waals surface area contributed by atoms with E-state index in [0.29, 0.717) is 76.5 Å². The van der Waals surface area contributed by atoms with Gasteiger partial charge in [-0.2, -0.15) is 0 Å². The first-order chi connectivity index (χ1) is 24.5. The number of rotatable bonds is 16. The largest absolute Gasteiger partial charge is 0.493 e. The maximum atomic E-state index is 12.4. The zero-order chi connectivity index (χ0) is 35.3. The van der Waals surface area contributed by atoms with Gasteiger partial charge in [0.15, 0.2) is 0 Å². The van der Waals surface area contributed by atoms with Gasteiger partial charge in [-0.25, -0.2) is 0 Å². The lowest BCUT2D eigenvalue weighted by molar-refractivity contribution is 0.111. The van der Waals surface area contributed by atoms with Gasteiger partial charge in [0, 0.05) is 51.0 Å². The van der Waals surface area contributed by atoms with Crippen molar-refractivity contribution in [2.45, 2.75) is 52.4 Å². The predicted octanol–water partition coefficient (Wildman–Crippen LogP) is 7.62. The van der Waals surface area contributed by atoms with Crippen molar-refractivity contribution in [2.24, 2.45) is 0 Å². The monoisotopic (exact) mass is 680 g/mol. The molecule has 1 aliphatic carbocycles. The molecule has 0 radical (unpaired) electrons. The lowest BCUT2D eigenvalue weighted by atomic mass is 9.90. The first-order valence-electron chi connectivity index (χ1n) is 17.5. The Balaban J connectivity index is 1.80. The van der Waals surface area contributed by atoms with Gasteiger partial charge in [0.25, 0.3) is 0 Å². The highest BCUT2D eigenvalue weighted by molar-refractivity contribution is 5.78. The summed E-state index contributed by atoms with van der Waals surface area (Å²) in [6.07, 6.45) is 5.34. The summed E-state index contributed by atoms with van der Waals surface area (Å²) in [4.78, 5) is 24.7. The van der Waals surface area contributed by atoms with Crippen LogP contribution in [0, 0.1) is 0 Å². The second kappa shape index (κ2) is 18.4. The van der Waals surface area contributed by atoms with Gasteiger partial charge in [0.2, 0.25) is 0 Å². The van der Waals surface area contributed by atoms with Gasteiger partial charge in [0.1, 0.15) is 48.8 Å². The molecule has 264 valence electrons. The van der Waals surface area contributed by atoms with Crippen LogP contribution >= 0.6 is 0 Å². The van der Waals surface area contributed by atoms with Crippen molar-refractivity contribution in [3.8, 4) is 23.0 Å². The Morgan fingerprint density at radius 1 is 0.460 bits per heavy atom. The topological polar surface area (TPSA) is 89.5 Å². The molecule has 0 N–H and O–H groups in total. The lowest BCUT2D eigenvalue weighted by Gasteiger charge is -2.23. The van der Waals surface area contributed by atoms with E-state index in [2.05, 4.69) is 38.1 Å². The Kier molecular flexibility index (Phi) is 13.5. The van der Waals surface area contributed by atoms with Crippen molar-refractivity contribution < 1.29 is 38.0 Å². The summed E-state index contributed by atoms with van der Waals surface area (Å²) in [5.41, 5.74) is 8.55. The van der Waals surface area contributed by atoms with E-state index >= 15 is 0 Å². The van der Waals surface area contributed by atoms with Gasteiger partial charge in [-0.1, -0.05) is 50.2 Å². The Labute approximate surface area is 295 Å². The van der Waals surface area contributed by atoms with Crippen LogP contribution in [0.2, 0.25) is 0 Å². The van der Waals surface area contributed by atoms with Crippen molar-refractivity contribution in [3.63, 3.8) is 0 Å². The quantitative estimate of drug-likeness (QED) is 0.0777. The first-order valence-corrected chi connectivity index (χ1v) is 17.5.